The van der Waals surface area contributed by atoms with Crippen molar-refractivity contribution in [2.24, 2.45) is 4.40 Å². The van der Waals surface area contributed by atoms with Gasteiger partial charge in [-0.2, -0.15) is 8.42 Å². The third kappa shape index (κ3) is 4.96. The van der Waals surface area contributed by atoms with Gasteiger partial charge >= 0.3 is 10.0 Å². The molecule has 4 aromatic rings. The van der Waals surface area contributed by atoms with Gasteiger partial charge in [-0.05, 0) is 31.2 Å². The summed E-state index contributed by atoms with van der Waals surface area (Å²) in [6.45, 7) is 1.95. The van der Waals surface area contributed by atoms with E-state index < -0.39 is 14.9 Å². The number of nitrogens with zero attached hydrogens (tertiary/aromatic N) is 4. The van der Waals surface area contributed by atoms with Crippen molar-refractivity contribution in [3.8, 4) is 17.1 Å². The number of nitro benzene ring substituents is 1. The molecular weight excluding hydrogens is 442 g/mol. The van der Waals surface area contributed by atoms with Crippen LogP contribution in [0.5, 0.6) is 0 Å². The molecule has 0 atom stereocenters. The molecule has 0 aliphatic carbocycles. The number of non-ortho nitro benzene ring substituents is 1. The number of anilines is 1. The normalized spacial score (nSPS) is 11.5. The van der Waals surface area contributed by atoms with Crippen LogP contribution in [0.2, 0.25) is 0 Å². The first-order valence-corrected chi connectivity index (χ1v) is 11.3. The van der Waals surface area contributed by atoms with Crippen LogP contribution in [0.1, 0.15) is 5.56 Å². The Morgan fingerprint density at radius 3 is 2.30 bits per heavy atom. The molecule has 0 aliphatic heterocycles. The van der Waals surface area contributed by atoms with E-state index in [1.54, 1.807) is 16.7 Å². The minimum Gasteiger partial charge on any atom is -0.346 e. The number of aromatic nitrogens is 2. The van der Waals surface area contributed by atoms with Gasteiger partial charge < -0.3 is 5.32 Å². The molecule has 10 heteroatoms. The van der Waals surface area contributed by atoms with Crippen LogP contribution in [0.15, 0.2) is 94.5 Å². The molecule has 166 valence electrons. The Morgan fingerprint density at radius 1 is 1.00 bits per heavy atom. The van der Waals surface area contributed by atoms with E-state index in [0.29, 0.717) is 22.8 Å². The van der Waals surface area contributed by atoms with E-state index in [2.05, 4.69) is 14.7 Å². The minimum absolute atomic E-state index is 0.0697. The quantitative estimate of drug-likeness (QED) is 0.186. The van der Waals surface area contributed by atoms with Gasteiger partial charge in [-0.25, -0.2) is 4.98 Å². The van der Waals surface area contributed by atoms with Crippen molar-refractivity contribution in [3.05, 3.63) is 101 Å². The Bertz CT molecular complexity index is 1410. The maximum Gasteiger partial charge on any atom is 0.302 e. The SMILES string of the molecule is Cc1ccc(N/C=N/S(=O)(=O)c2cn(-c3ccc([N+](=O)[O-])cc3)c(-c3ccccc3)n2)cc1. The summed E-state index contributed by atoms with van der Waals surface area (Å²) >= 11 is 0. The topological polar surface area (TPSA) is 119 Å². The smallest absolute Gasteiger partial charge is 0.302 e. The fourth-order valence-corrected chi connectivity index (χ4v) is 3.82. The molecule has 1 aromatic heterocycles. The van der Waals surface area contributed by atoms with E-state index in [1.807, 2.05) is 49.4 Å². The highest BCUT2D eigenvalue weighted by atomic mass is 32.2. The van der Waals surface area contributed by atoms with Crippen LogP contribution in [0.25, 0.3) is 17.1 Å². The molecule has 3 aromatic carbocycles. The highest BCUT2D eigenvalue weighted by molar-refractivity contribution is 7.90. The number of rotatable bonds is 7. The van der Waals surface area contributed by atoms with Crippen molar-refractivity contribution in [3.63, 3.8) is 0 Å². The van der Waals surface area contributed by atoms with Crippen LogP contribution < -0.4 is 5.32 Å². The number of hydrogen-bond donors (Lipinski definition) is 1. The van der Waals surface area contributed by atoms with Gasteiger partial charge in [0.2, 0.25) is 0 Å². The maximum atomic E-state index is 12.8. The van der Waals surface area contributed by atoms with Crippen molar-refractivity contribution in [2.75, 3.05) is 5.32 Å². The van der Waals surface area contributed by atoms with E-state index in [-0.39, 0.29) is 10.7 Å². The lowest BCUT2D eigenvalue weighted by Gasteiger charge is -2.07. The maximum absolute atomic E-state index is 12.8. The zero-order valence-electron chi connectivity index (χ0n) is 17.5. The number of imidazole rings is 1. The average molecular weight is 462 g/mol. The van der Waals surface area contributed by atoms with E-state index in [1.165, 1.54) is 30.5 Å². The van der Waals surface area contributed by atoms with Gasteiger partial charge in [0.25, 0.3) is 5.69 Å². The second-order valence-corrected chi connectivity index (χ2v) is 8.71. The van der Waals surface area contributed by atoms with Gasteiger partial charge in [-0.15, -0.1) is 4.40 Å². The van der Waals surface area contributed by atoms with Crippen molar-refractivity contribution < 1.29 is 13.3 Å². The van der Waals surface area contributed by atoms with Crippen LogP contribution >= 0.6 is 0 Å². The molecule has 0 fully saturated rings. The zero-order chi connectivity index (χ0) is 23.4. The number of aryl methyl sites for hydroxylation is 1. The molecule has 33 heavy (non-hydrogen) atoms. The number of sulfonamides is 1. The molecule has 0 saturated heterocycles. The number of hydrogen-bond acceptors (Lipinski definition) is 5. The second kappa shape index (κ2) is 9.05. The summed E-state index contributed by atoms with van der Waals surface area (Å²) in [4.78, 5) is 14.8. The van der Waals surface area contributed by atoms with Crippen molar-refractivity contribution in [1.82, 2.24) is 9.55 Å². The first kappa shape index (κ1) is 21.9. The van der Waals surface area contributed by atoms with Crippen LogP contribution in [0.3, 0.4) is 0 Å². The van der Waals surface area contributed by atoms with Crippen molar-refractivity contribution >= 4 is 27.7 Å². The predicted molar refractivity (Wildman–Crippen MR) is 126 cm³/mol. The summed E-state index contributed by atoms with van der Waals surface area (Å²) in [5, 5.41) is 13.6. The number of nitrogens with one attached hydrogen (secondary N) is 1. The molecule has 0 spiro atoms. The van der Waals surface area contributed by atoms with Crippen LogP contribution in [0, 0.1) is 17.0 Å². The minimum atomic E-state index is -4.11. The van der Waals surface area contributed by atoms with Crippen LogP contribution in [-0.4, -0.2) is 29.2 Å². The van der Waals surface area contributed by atoms with E-state index in [4.69, 9.17) is 0 Å². The molecular formula is C23H19N5O4S. The lowest BCUT2D eigenvalue weighted by atomic mass is 10.2. The van der Waals surface area contributed by atoms with Gasteiger partial charge in [0, 0.05) is 29.1 Å². The Balaban J connectivity index is 1.70. The van der Waals surface area contributed by atoms with E-state index in [0.717, 1.165) is 11.9 Å². The standard InChI is InChI=1S/C23H19N5O4S/c1-17-7-9-19(10-8-17)24-16-25-33(31,32)22-15-27(20-11-13-21(14-12-20)28(29)30)23(26-22)18-5-3-2-4-6-18/h2-16H,1H3,(H,24,25). The second-order valence-electron chi connectivity index (χ2n) is 7.13. The number of benzene rings is 3. The summed E-state index contributed by atoms with van der Waals surface area (Å²) in [6.07, 6.45) is 2.45. The molecule has 4 rings (SSSR count). The summed E-state index contributed by atoms with van der Waals surface area (Å²) in [5.41, 5.74) is 2.91. The first-order chi connectivity index (χ1) is 15.8. The summed E-state index contributed by atoms with van der Waals surface area (Å²) < 4.78 is 30.9. The van der Waals surface area contributed by atoms with E-state index in [9.17, 15) is 18.5 Å². The molecule has 9 nitrogen and oxygen atoms in total. The van der Waals surface area contributed by atoms with Crippen molar-refractivity contribution in [1.29, 1.82) is 0 Å². The third-order valence-electron chi connectivity index (χ3n) is 4.79. The molecule has 0 saturated carbocycles. The highest BCUT2D eigenvalue weighted by Gasteiger charge is 2.21. The molecule has 0 unspecified atom stereocenters. The van der Waals surface area contributed by atoms with Crippen LogP contribution in [-0.2, 0) is 10.0 Å². The first-order valence-electron chi connectivity index (χ1n) is 9.85. The lowest BCUT2D eigenvalue weighted by Crippen LogP contribution is -2.02. The number of nitro groups is 1. The molecule has 1 N–H and O–H groups in total. The van der Waals surface area contributed by atoms with Crippen LogP contribution in [0.4, 0.5) is 11.4 Å². The summed E-state index contributed by atoms with van der Waals surface area (Å²) in [5.74, 6) is 0.365. The van der Waals surface area contributed by atoms with Crippen molar-refractivity contribution in [2.45, 2.75) is 11.9 Å². The van der Waals surface area contributed by atoms with Gasteiger partial charge in [-0.3, -0.25) is 14.7 Å². The third-order valence-corrected chi connectivity index (χ3v) is 5.90. The van der Waals surface area contributed by atoms with E-state index >= 15 is 0 Å². The molecule has 0 bridgehead atoms. The molecule has 1 heterocycles. The largest absolute Gasteiger partial charge is 0.346 e. The fraction of sp³-hybridized carbons (Fsp3) is 0.0435. The fourth-order valence-electron chi connectivity index (χ4n) is 3.08. The Labute approximate surface area is 190 Å². The predicted octanol–water partition coefficient (Wildman–Crippen LogP) is 4.59. The van der Waals surface area contributed by atoms with Gasteiger partial charge in [-0.1, -0.05) is 48.0 Å². The summed E-state index contributed by atoms with van der Waals surface area (Å²) in [7, 11) is -4.11. The lowest BCUT2D eigenvalue weighted by molar-refractivity contribution is -0.384. The Morgan fingerprint density at radius 2 is 1.67 bits per heavy atom. The monoisotopic (exact) mass is 461 g/mol. The molecule has 0 aliphatic rings. The summed E-state index contributed by atoms with van der Waals surface area (Å²) in [6, 6.07) is 22.2. The van der Waals surface area contributed by atoms with Gasteiger partial charge in [0.15, 0.2) is 5.03 Å². The Kier molecular flexibility index (Phi) is 6.01. The molecule has 0 amide bonds. The molecule has 0 radical (unpaired) electrons. The van der Waals surface area contributed by atoms with Gasteiger partial charge in [0.1, 0.15) is 12.2 Å². The average Bonchev–Trinajstić information content (AvgIpc) is 3.28. The van der Waals surface area contributed by atoms with Gasteiger partial charge in [0.05, 0.1) is 11.1 Å². The Hall–Kier alpha value is -4.31. The highest BCUT2D eigenvalue weighted by Crippen LogP contribution is 2.26. The zero-order valence-corrected chi connectivity index (χ0v) is 18.3.